The number of carbonyl (C=O) groups is 2. The highest BCUT2D eigenvalue weighted by molar-refractivity contribution is 5.80. The van der Waals surface area contributed by atoms with Gasteiger partial charge in [0, 0.05) is 0 Å². The molecule has 0 aromatic rings. The van der Waals surface area contributed by atoms with Crippen molar-refractivity contribution in [3.05, 3.63) is 11.6 Å². The summed E-state index contributed by atoms with van der Waals surface area (Å²) in [5.74, 6) is -2.88. The van der Waals surface area contributed by atoms with Gasteiger partial charge in [-0.15, -0.1) is 0 Å². The number of allylic oxidation sites excluding steroid dienone is 2. The first-order valence-electron chi connectivity index (χ1n) is 33.0. The van der Waals surface area contributed by atoms with Crippen molar-refractivity contribution in [1.82, 2.24) is 0 Å². The van der Waals surface area contributed by atoms with E-state index in [1.165, 1.54) is 6.92 Å². The molecule has 94 heavy (non-hydrogen) atoms. The lowest BCUT2D eigenvalue weighted by molar-refractivity contribution is -0.393. The summed E-state index contributed by atoms with van der Waals surface area (Å²) in [7, 11) is 0. The van der Waals surface area contributed by atoms with Crippen LogP contribution in [0.2, 0.25) is 0 Å². The summed E-state index contributed by atoms with van der Waals surface area (Å²) in [6, 6.07) is 0. The Kier molecular flexibility index (Phi) is 20.8. The maximum Gasteiger partial charge on any atom is 0.335 e. The molecule has 538 valence electrons. The third kappa shape index (κ3) is 12.3. The fraction of sp³-hybridized carbons (Fsp3) is 0.937. The van der Waals surface area contributed by atoms with Crippen molar-refractivity contribution in [2.75, 3.05) is 26.4 Å². The summed E-state index contributed by atoms with van der Waals surface area (Å²) in [5.41, 5.74) is -2.92. The van der Waals surface area contributed by atoms with E-state index in [4.69, 9.17) is 56.8 Å². The molecule has 17 N–H and O–H groups in total. The molecule has 0 aromatic heterocycles. The lowest BCUT2D eigenvalue weighted by Gasteiger charge is -2.71. The molecule has 6 saturated heterocycles. The van der Waals surface area contributed by atoms with E-state index in [0.29, 0.717) is 38.5 Å². The Hall–Kier alpha value is -2.40. The van der Waals surface area contributed by atoms with Gasteiger partial charge in [0.05, 0.1) is 44.7 Å². The maximum atomic E-state index is 15.7. The van der Waals surface area contributed by atoms with Crippen LogP contribution in [-0.2, 0) is 66.4 Å². The van der Waals surface area contributed by atoms with Crippen molar-refractivity contribution in [2.45, 2.75) is 291 Å². The van der Waals surface area contributed by atoms with E-state index < -0.39 is 244 Å². The van der Waals surface area contributed by atoms with Crippen molar-refractivity contribution < 1.29 is 153 Å². The van der Waals surface area contributed by atoms with Crippen molar-refractivity contribution in [3.63, 3.8) is 0 Å². The quantitative estimate of drug-likeness (QED) is 0.0444. The van der Waals surface area contributed by atoms with Crippen LogP contribution in [0, 0.1) is 50.2 Å². The highest BCUT2D eigenvalue weighted by atomic mass is 16.8. The highest BCUT2D eigenvalue weighted by Crippen LogP contribution is 2.76. The molecule has 0 amide bonds. The second-order valence-electron chi connectivity index (χ2n) is 30.7. The number of carboxylic acids is 1. The van der Waals surface area contributed by atoms with Crippen LogP contribution in [0.25, 0.3) is 0 Å². The molecule has 4 saturated carbocycles. The minimum Gasteiger partial charge on any atom is -0.479 e. The molecule has 36 atom stereocenters. The number of aliphatic hydroxyl groups excluding tert-OH is 16. The third-order valence-corrected chi connectivity index (χ3v) is 24.4. The molecule has 0 aromatic carbocycles. The van der Waals surface area contributed by atoms with Gasteiger partial charge in [0.15, 0.2) is 43.7 Å². The predicted molar refractivity (Wildman–Crippen MR) is 311 cm³/mol. The summed E-state index contributed by atoms with van der Waals surface area (Å²) < 4.78 is 71.7. The Morgan fingerprint density at radius 3 is 1.73 bits per heavy atom. The second kappa shape index (κ2) is 26.8. The number of carbonyl (C=O) groups excluding carboxylic acids is 1. The fourth-order valence-electron chi connectivity index (χ4n) is 18.7. The number of fused-ring (bicyclic) bond motifs is 7. The predicted octanol–water partition coefficient (Wildman–Crippen LogP) is -4.38. The summed E-state index contributed by atoms with van der Waals surface area (Å²) >= 11 is 0. The fourth-order valence-corrected chi connectivity index (χ4v) is 18.7. The van der Waals surface area contributed by atoms with Crippen molar-refractivity contribution in [3.8, 4) is 0 Å². The smallest absolute Gasteiger partial charge is 0.335 e. The Bertz CT molecular complexity index is 2710. The van der Waals surface area contributed by atoms with Crippen molar-refractivity contribution in [1.29, 1.82) is 0 Å². The summed E-state index contributed by atoms with van der Waals surface area (Å²) in [6.45, 7) is 14.0. The molecule has 0 unspecified atom stereocenters. The normalized spacial score (nSPS) is 54.2. The lowest BCUT2D eigenvalue weighted by Crippen LogP contribution is -2.68. The molecule has 0 spiro atoms. The summed E-state index contributed by atoms with van der Waals surface area (Å²) in [6.07, 6.45) is -43.2. The topological polar surface area (TPSA) is 489 Å². The maximum absolute atomic E-state index is 15.7. The van der Waals surface area contributed by atoms with Crippen LogP contribution in [0.15, 0.2) is 11.6 Å². The Morgan fingerprint density at radius 2 is 1.07 bits per heavy atom. The standard InChI is InChI=1S/C63H100O31/c1-23-45(89-51-40(75)34(69)26(65)20-83-51)47(91-52-43(78)46(28(67)22-84-52)90-53-41(76)37(72)36(71)29(19-64)87-53)44(79)55(86-23)93-49-35(70)27(66)21-85-56(49)94-57(82)63-16-15-58(2,3)17-25(63)24-9-10-31-60(6)13-12-33(88-54-42(77)38(73)39(74)48(92-54)50(80)81)59(4,5)30(60)11-14-61(31,7)62(24,8)18-32(63)68/h9,23,25-49,51-56,64-79H,10-22H2,1-8H3,(H,80,81)/t23-,25-,26+,27-,28+,29+,30-,31+,32+,33-,34-,35-,36+,37-,38-,39-,40+,41+,42+,43+,44+,45-,46-,47-,48-,49-,51-,52-,53-,54+,55-,56+,60-,61+,62+,63+/m0/s1. The zero-order valence-electron chi connectivity index (χ0n) is 54.1. The van der Waals surface area contributed by atoms with Crippen LogP contribution in [0.1, 0.15) is 113 Å². The van der Waals surface area contributed by atoms with Gasteiger partial charge in [0.25, 0.3) is 0 Å². The average Bonchev–Trinajstić information content (AvgIpc) is 0.672. The number of aliphatic hydroxyl groups is 16. The van der Waals surface area contributed by atoms with Gasteiger partial charge in [0.2, 0.25) is 6.29 Å². The summed E-state index contributed by atoms with van der Waals surface area (Å²) in [5, 5.41) is 186. The largest absolute Gasteiger partial charge is 0.479 e. The molecule has 10 fully saturated rings. The summed E-state index contributed by atoms with van der Waals surface area (Å²) in [4.78, 5) is 27.7. The van der Waals surface area contributed by atoms with E-state index in [-0.39, 0.29) is 35.5 Å². The lowest BCUT2D eigenvalue weighted by atomic mass is 9.33. The van der Waals surface area contributed by atoms with Crippen LogP contribution in [0.3, 0.4) is 0 Å². The molecule has 11 aliphatic rings. The first-order chi connectivity index (χ1) is 44.0. The number of aliphatic carboxylic acids is 1. The molecular weight excluding hydrogens is 1250 g/mol. The van der Waals surface area contributed by atoms with Gasteiger partial charge in [-0.05, 0) is 110 Å². The number of hydrogen-bond donors (Lipinski definition) is 17. The second-order valence-corrected chi connectivity index (χ2v) is 30.7. The van der Waals surface area contributed by atoms with E-state index in [2.05, 4.69) is 54.5 Å². The molecular formula is C63H100O31. The minimum atomic E-state index is -2.12. The van der Waals surface area contributed by atoms with E-state index in [1.54, 1.807) is 0 Å². The Balaban J connectivity index is 0.839. The minimum absolute atomic E-state index is 0.0302. The van der Waals surface area contributed by atoms with E-state index in [1.807, 2.05) is 0 Å². The molecule has 6 aliphatic heterocycles. The number of rotatable bonds is 14. The molecule has 0 bridgehead atoms. The zero-order chi connectivity index (χ0) is 68.6. The van der Waals surface area contributed by atoms with Gasteiger partial charge in [-0.3, -0.25) is 4.79 Å². The van der Waals surface area contributed by atoms with Crippen LogP contribution in [0.5, 0.6) is 0 Å². The highest BCUT2D eigenvalue weighted by Gasteiger charge is 2.72. The number of ether oxygens (including phenoxy) is 12. The molecule has 31 nitrogen and oxygen atoms in total. The van der Waals surface area contributed by atoms with Gasteiger partial charge in [-0.1, -0.05) is 60.1 Å². The first-order valence-corrected chi connectivity index (χ1v) is 33.0. The SMILES string of the molecule is C[C@@H]1O[C@@H](O[C@@H]2[C@@H](OC(=O)[C@]34CCC(C)(C)C[C@H]3C3=CC[C@@H]5[C@@]6(C)CC[C@H](O[C@@H]7O[C@H](C(=O)O)[C@@H](O)[C@H](O)[C@H]7O)C(C)(C)[C@@H]6CC[C@@]5(C)[C@]3(C)C[C@H]4O)OC[C@H](O)[C@@H]2O)[C@H](O)[C@H](O[C@@H]2OC[C@@H](O)[C@H](O[C@@H]3O[C@H](CO)[C@@H](O)[C@H](O)[C@H]3O)[C@H]2O)[C@H]1O[C@@H]1OC[C@@H](O)[C@H](O)[C@H]1O. The van der Waals surface area contributed by atoms with E-state index >= 15 is 4.79 Å². The van der Waals surface area contributed by atoms with E-state index in [0.717, 1.165) is 12.0 Å². The average molecular weight is 1350 g/mol. The van der Waals surface area contributed by atoms with Crippen LogP contribution in [0.4, 0.5) is 0 Å². The van der Waals surface area contributed by atoms with Gasteiger partial charge in [-0.25, -0.2) is 4.79 Å². The molecule has 6 heterocycles. The molecule has 0 radical (unpaired) electrons. The Labute approximate surface area is 543 Å². The zero-order valence-corrected chi connectivity index (χ0v) is 54.1. The van der Waals surface area contributed by atoms with Gasteiger partial charge >= 0.3 is 11.9 Å². The number of carboxylic acid groups (broad SMARTS) is 1. The van der Waals surface area contributed by atoms with Crippen molar-refractivity contribution >= 4 is 11.9 Å². The molecule has 11 rings (SSSR count). The van der Waals surface area contributed by atoms with Gasteiger partial charge in [0.1, 0.15) is 115 Å². The van der Waals surface area contributed by atoms with Gasteiger partial charge < -0.3 is 144 Å². The monoisotopic (exact) mass is 1350 g/mol. The van der Waals surface area contributed by atoms with Crippen LogP contribution in [-0.4, -0.2) is 303 Å². The van der Waals surface area contributed by atoms with E-state index in [9.17, 15) is 91.6 Å². The third-order valence-electron chi connectivity index (χ3n) is 24.4. The van der Waals surface area contributed by atoms with Crippen LogP contribution >= 0.6 is 0 Å². The molecule has 5 aliphatic carbocycles. The first kappa shape index (κ1) is 72.8. The Morgan fingerprint density at radius 1 is 0.521 bits per heavy atom. The van der Waals surface area contributed by atoms with Crippen LogP contribution < -0.4 is 0 Å². The van der Waals surface area contributed by atoms with Gasteiger partial charge in [-0.2, -0.15) is 0 Å². The number of hydrogen-bond acceptors (Lipinski definition) is 30. The van der Waals surface area contributed by atoms with Crippen molar-refractivity contribution in [2.24, 2.45) is 50.2 Å². The molecule has 31 heteroatoms. The number of esters is 1.